The highest BCUT2D eigenvalue weighted by atomic mass is 32.2. The fourth-order valence-electron chi connectivity index (χ4n) is 4.91. The van der Waals surface area contributed by atoms with Crippen molar-refractivity contribution in [1.82, 2.24) is 14.5 Å². The van der Waals surface area contributed by atoms with Crippen molar-refractivity contribution in [2.75, 3.05) is 0 Å². The lowest BCUT2D eigenvalue weighted by atomic mass is 9.99. The second kappa shape index (κ2) is 11.6. The van der Waals surface area contributed by atoms with Crippen molar-refractivity contribution in [2.45, 2.75) is 55.2 Å². The van der Waals surface area contributed by atoms with E-state index in [-0.39, 0.29) is 29.3 Å². The molecule has 2 aromatic carbocycles. The molecule has 10 nitrogen and oxygen atoms in total. The van der Waals surface area contributed by atoms with Crippen molar-refractivity contribution in [1.29, 1.82) is 10.5 Å². The molecule has 1 fully saturated rings. The summed E-state index contributed by atoms with van der Waals surface area (Å²) in [6, 6.07) is 17.7. The van der Waals surface area contributed by atoms with Crippen LogP contribution in [0.15, 0.2) is 81.6 Å². The van der Waals surface area contributed by atoms with E-state index in [1.54, 1.807) is 30.3 Å². The zero-order chi connectivity index (χ0) is 30.0. The van der Waals surface area contributed by atoms with Crippen LogP contribution in [0.2, 0.25) is 0 Å². The summed E-state index contributed by atoms with van der Waals surface area (Å²) in [5.41, 5.74) is 1.45. The Hall–Kier alpha value is -4.84. The Labute approximate surface area is 243 Å². The van der Waals surface area contributed by atoms with E-state index in [0.717, 1.165) is 12.8 Å². The Morgan fingerprint density at radius 1 is 1.10 bits per heavy atom. The van der Waals surface area contributed by atoms with Crippen LogP contribution >= 0.6 is 0 Å². The van der Waals surface area contributed by atoms with Gasteiger partial charge in [-0.1, -0.05) is 24.3 Å². The first-order valence-electron chi connectivity index (χ1n) is 13.3. The van der Waals surface area contributed by atoms with Gasteiger partial charge in [-0.15, -0.1) is 0 Å². The van der Waals surface area contributed by atoms with Crippen molar-refractivity contribution >= 4 is 9.84 Å². The van der Waals surface area contributed by atoms with E-state index in [1.807, 2.05) is 13.8 Å². The van der Waals surface area contributed by atoms with Gasteiger partial charge in [-0.3, -0.25) is 14.3 Å². The fraction of sp³-hybridized carbons (Fsp3) is 0.258. The monoisotopic (exact) mass is 581 g/mol. The molecule has 212 valence electrons. The second-order valence-corrected chi connectivity index (χ2v) is 12.2. The maximum absolute atomic E-state index is 13.9. The third-order valence-electron chi connectivity index (χ3n) is 7.07. The molecule has 0 saturated heterocycles. The quantitative estimate of drug-likeness (QED) is 0.300. The SMILES string of the molecule is CC(C)OCc1nc(=O)c(S(=O)(=O)c2ccc(-c3cnccc3C#N)cc2)c(O)n1[C@H](c1cccc(C#N)c1)C1CC1. The van der Waals surface area contributed by atoms with Crippen LogP contribution in [-0.4, -0.2) is 34.2 Å². The summed E-state index contributed by atoms with van der Waals surface area (Å²) in [7, 11) is -4.54. The number of rotatable bonds is 9. The van der Waals surface area contributed by atoms with Crippen LogP contribution in [0, 0.1) is 28.6 Å². The molecule has 2 aromatic heterocycles. The van der Waals surface area contributed by atoms with Crippen molar-refractivity contribution in [3.8, 4) is 29.1 Å². The van der Waals surface area contributed by atoms with Crippen LogP contribution in [0.3, 0.4) is 0 Å². The van der Waals surface area contributed by atoms with E-state index < -0.39 is 32.2 Å². The number of pyridine rings is 1. The van der Waals surface area contributed by atoms with Crippen LogP contribution in [0.1, 0.15) is 55.2 Å². The van der Waals surface area contributed by atoms with Crippen molar-refractivity contribution < 1.29 is 18.3 Å². The standard InChI is InChI=1S/C31H27N5O5S/c1-19(2)41-18-27-35-30(37)29(31(38)36(27)28(22-6-7-22)23-5-3-4-20(14-23)15-32)42(39,40)25-10-8-21(9-11-25)26-17-34-13-12-24(26)16-33/h3-5,8-14,17,19,22,28,38H,6-7,18H2,1-2H3/t28-/m0/s1. The lowest BCUT2D eigenvalue weighted by Gasteiger charge is -2.26. The van der Waals surface area contributed by atoms with Gasteiger partial charge in [-0.2, -0.15) is 15.5 Å². The zero-order valence-corrected chi connectivity index (χ0v) is 23.7. The van der Waals surface area contributed by atoms with E-state index >= 15 is 0 Å². The first-order valence-corrected chi connectivity index (χ1v) is 14.8. The fourth-order valence-corrected chi connectivity index (χ4v) is 6.25. The summed E-state index contributed by atoms with van der Waals surface area (Å²) >= 11 is 0. The van der Waals surface area contributed by atoms with E-state index in [2.05, 4.69) is 22.1 Å². The molecule has 1 atom stereocenters. The molecular weight excluding hydrogens is 554 g/mol. The number of nitrogens with zero attached hydrogens (tertiary/aromatic N) is 5. The summed E-state index contributed by atoms with van der Waals surface area (Å²) < 4.78 is 34.8. The van der Waals surface area contributed by atoms with Crippen molar-refractivity contribution in [3.05, 3.63) is 99.9 Å². The third-order valence-corrected chi connectivity index (χ3v) is 8.86. The summed E-state index contributed by atoms with van der Waals surface area (Å²) in [4.78, 5) is 20.4. The number of hydrogen-bond donors (Lipinski definition) is 1. The summed E-state index contributed by atoms with van der Waals surface area (Å²) in [6.07, 6.45) is 4.39. The number of benzene rings is 2. The first-order chi connectivity index (χ1) is 20.1. The molecule has 0 aliphatic heterocycles. The maximum atomic E-state index is 13.9. The van der Waals surface area contributed by atoms with E-state index in [4.69, 9.17) is 4.74 Å². The van der Waals surface area contributed by atoms with Gasteiger partial charge in [0.25, 0.3) is 5.56 Å². The van der Waals surface area contributed by atoms with Gasteiger partial charge in [0.05, 0.1) is 40.3 Å². The van der Waals surface area contributed by atoms with Gasteiger partial charge in [0.15, 0.2) is 4.90 Å². The lowest BCUT2D eigenvalue weighted by molar-refractivity contribution is 0.0568. The molecule has 0 unspecified atom stereocenters. The molecule has 2 heterocycles. The largest absolute Gasteiger partial charge is 0.493 e. The number of aromatic hydroxyl groups is 1. The van der Waals surface area contributed by atoms with Gasteiger partial charge in [0.2, 0.25) is 15.7 Å². The Morgan fingerprint density at radius 2 is 1.83 bits per heavy atom. The molecule has 1 aliphatic carbocycles. The van der Waals surface area contributed by atoms with Gasteiger partial charge >= 0.3 is 0 Å². The summed E-state index contributed by atoms with van der Waals surface area (Å²) in [5.74, 6) is -0.629. The summed E-state index contributed by atoms with van der Waals surface area (Å²) in [5, 5.41) is 30.5. The zero-order valence-electron chi connectivity index (χ0n) is 22.9. The first kappa shape index (κ1) is 28.7. The minimum absolute atomic E-state index is 0.0237. The molecule has 5 rings (SSSR count). The van der Waals surface area contributed by atoms with Crippen molar-refractivity contribution in [3.63, 3.8) is 0 Å². The number of aromatic nitrogens is 3. The normalized spacial score (nSPS) is 13.8. The average molecular weight is 582 g/mol. The molecule has 0 spiro atoms. The van der Waals surface area contributed by atoms with Crippen LogP contribution in [0.5, 0.6) is 5.88 Å². The Kier molecular flexibility index (Phi) is 7.90. The molecule has 1 N–H and O–H groups in total. The smallest absolute Gasteiger partial charge is 0.296 e. The maximum Gasteiger partial charge on any atom is 0.296 e. The minimum Gasteiger partial charge on any atom is -0.493 e. The highest BCUT2D eigenvalue weighted by Crippen LogP contribution is 2.46. The molecule has 1 aliphatic rings. The van der Waals surface area contributed by atoms with Crippen LogP contribution in [-0.2, 0) is 21.2 Å². The number of ether oxygens (including phenoxy) is 1. The van der Waals surface area contributed by atoms with Crippen LogP contribution in [0.25, 0.3) is 11.1 Å². The molecule has 4 aromatic rings. The van der Waals surface area contributed by atoms with Gasteiger partial charge < -0.3 is 9.84 Å². The van der Waals surface area contributed by atoms with E-state index in [0.29, 0.717) is 27.8 Å². The van der Waals surface area contributed by atoms with Crippen LogP contribution < -0.4 is 5.56 Å². The third kappa shape index (κ3) is 5.53. The molecule has 1 saturated carbocycles. The highest BCUT2D eigenvalue weighted by molar-refractivity contribution is 7.91. The second-order valence-electron chi connectivity index (χ2n) is 10.3. The number of nitriles is 2. The minimum atomic E-state index is -4.54. The molecule has 42 heavy (non-hydrogen) atoms. The number of hydrogen-bond acceptors (Lipinski definition) is 9. The van der Waals surface area contributed by atoms with Gasteiger partial charge in [-0.25, -0.2) is 8.42 Å². The predicted molar refractivity (Wildman–Crippen MR) is 152 cm³/mol. The molecule has 0 bridgehead atoms. The van der Waals surface area contributed by atoms with Gasteiger partial charge in [0.1, 0.15) is 12.4 Å². The molecular formula is C31H27N5O5S. The Bertz CT molecular complexity index is 1900. The highest BCUT2D eigenvalue weighted by Gasteiger charge is 2.39. The number of sulfone groups is 1. The van der Waals surface area contributed by atoms with Crippen LogP contribution in [0.4, 0.5) is 0 Å². The molecule has 0 amide bonds. The van der Waals surface area contributed by atoms with E-state index in [1.165, 1.54) is 41.2 Å². The van der Waals surface area contributed by atoms with E-state index in [9.17, 15) is 28.8 Å². The van der Waals surface area contributed by atoms with Gasteiger partial charge in [0, 0.05) is 18.0 Å². The predicted octanol–water partition coefficient (Wildman–Crippen LogP) is 4.51. The molecule has 11 heteroatoms. The Morgan fingerprint density at radius 3 is 2.48 bits per heavy atom. The molecule has 0 radical (unpaired) electrons. The summed E-state index contributed by atoms with van der Waals surface area (Å²) in [6.45, 7) is 3.48. The van der Waals surface area contributed by atoms with Crippen molar-refractivity contribution in [2.24, 2.45) is 5.92 Å². The lowest BCUT2D eigenvalue weighted by Crippen LogP contribution is -2.29. The Balaban J connectivity index is 1.66. The topological polar surface area (TPSA) is 159 Å². The average Bonchev–Trinajstić information content (AvgIpc) is 3.83. The van der Waals surface area contributed by atoms with Gasteiger partial charge in [-0.05, 0) is 74.1 Å².